The molecule has 0 bridgehead atoms. The van der Waals surface area contributed by atoms with Gasteiger partial charge in [0.1, 0.15) is 0 Å². The molecule has 0 saturated carbocycles. The first-order valence-electron chi connectivity index (χ1n) is 6.20. The van der Waals surface area contributed by atoms with Gasteiger partial charge < -0.3 is 19.7 Å². The van der Waals surface area contributed by atoms with Crippen LogP contribution in [0.5, 0.6) is 0 Å². The molecule has 2 rings (SSSR count). The number of benzene rings is 2. The molecular formula is C16H16O4-2. The van der Waals surface area contributed by atoms with Crippen LogP contribution in [0.15, 0.2) is 60.7 Å². The van der Waals surface area contributed by atoms with Crippen LogP contribution in [0.4, 0.5) is 0 Å². The lowest BCUT2D eigenvalue weighted by molar-refractivity contribution is -0.722. The van der Waals surface area contributed by atoms with Gasteiger partial charge in [-0.25, -0.2) is 0 Å². The fourth-order valence-electron chi connectivity index (χ4n) is 2.20. The Morgan fingerprint density at radius 1 is 0.650 bits per heavy atom. The van der Waals surface area contributed by atoms with E-state index in [0.29, 0.717) is 0 Å². The first-order chi connectivity index (χ1) is 9.58. The van der Waals surface area contributed by atoms with Gasteiger partial charge in [0.15, 0.2) is 0 Å². The smallest absolute Gasteiger partial charge is 0.0380 e. The van der Waals surface area contributed by atoms with E-state index in [1.807, 2.05) is 0 Å². The summed E-state index contributed by atoms with van der Waals surface area (Å²) in [6.07, 6.45) is 0. The maximum absolute atomic E-state index is 13.1. The monoisotopic (exact) mass is 272 g/mol. The first kappa shape index (κ1) is 14.7. The quantitative estimate of drug-likeness (QED) is 0.752. The summed E-state index contributed by atoms with van der Waals surface area (Å²) in [6, 6.07) is 16.5. The standard InChI is InChI=1S/C16H16O4/c1-19-15(17,13-9-5-3-6-10-13)16(18,20-2)14-11-7-4-8-12-14/h3-12H,1-2H3/q-2. The maximum Gasteiger partial charge on any atom is 0.0380 e. The SMILES string of the molecule is COC([O-])(c1ccccc1)C([O-])(OC)c1ccccc1. The topological polar surface area (TPSA) is 64.6 Å². The van der Waals surface area contributed by atoms with Gasteiger partial charge in [-0.1, -0.05) is 60.7 Å². The Morgan fingerprint density at radius 2 is 0.950 bits per heavy atom. The van der Waals surface area contributed by atoms with Crippen LogP contribution in [0.3, 0.4) is 0 Å². The molecule has 0 saturated heterocycles. The molecule has 0 radical (unpaired) electrons. The van der Waals surface area contributed by atoms with E-state index in [0.717, 1.165) is 0 Å². The summed E-state index contributed by atoms with van der Waals surface area (Å²) in [5.41, 5.74) is 0.450. The fraction of sp³-hybridized carbons (Fsp3) is 0.250. The van der Waals surface area contributed by atoms with Crippen molar-refractivity contribution in [2.45, 2.75) is 11.6 Å². The Hall–Kier alpha value is -1.72. The zero-order chi connectivity index (χ0) is 14.6. The number of hydrogen-bond donors (Lipinski definition) is 0. The zero-order valence-electron chi connectivity index (χ0n) is 11.4. The number of hydrogen-bond acceptors (Lipinski definition) is 4. The molecule has 0 aliphatic carbocycles. The van der Waals surface area contributed by atoms with Gasteiger partial charge in [-0.2, -0.15) is 0 Å². The molecule has 4 nitrogen and oxygen atoms in total. The lowest BCUT2D eigenvalue weighted by atomic mass is 9.90. The Bertz CT molecular complexity index is 491. The van der Waals surface area contributed by atoms with Gasteiger partial charge in [0.2, 0.25) is 0 Å². The molecule has 0 N–H and O–H groups in total. The summed E-state index contributed by atoms with van der Waals surface area (Å²) < 4.78 is 10.1. The van der Waals surface area contributed by atoms with Crippen LogP contribution in [-0.4, -0.2) is 14.2 Å². The van der Waals surface area contributed by atoms with Gasteiger partial charge in [-0.05, 0) is 11.1 Å². The third-order valence-corrected chi connectivity index (χ3v) is 3.32. The van der Waals surface area contributed by atoms with Crippen LogP contribution < -0.4 is 10.2 Å². The Kier molecular flexibility index (Phi) is 4.20. The third kappa shape index (κ3) is 2.23. The Labute approximate surface area is 118 Å². The highest BCUT2D eigenvalue weighted by Gasteiger charge is 2.37. The first-order valence-corrected chi connectivity index (χ1v) is 6.20. The molecule has 0 aliphatic rings. The van der Waals surface area contributed by atoms with Gasteiger partial charge in [-0.3, -0.25) is 0 Å². The van der Waals surface area contributed by atoms with Crippen LogP contribution >= 0.6 is 0 Å². The summed E-state index contributed by atoms with van der Waals surface area (Å²) in [5.74, 6) is -4.77. The lowest BCUT2D eigenvalue weighted by Gasteiger charge is -2.59. The minimum absolute atomic E-state index is 0.225. The molecule has 4 heteroatoms. The predicted molar refractivity (Wildman–Crippen MR) is 70.3 cm³/mol. The minimum atomic E-state index is -2.38. The van der Waals surface area contributed by atoms with Crippen LogP contribution in [0.1, 0.15) is 11.1 Å². The molecule has 2 aromatic rings. The van der Waals surface area contributed by atoms with Crippen LogP contribution in [0.25, 0.3) is 0 Å². The normalized spacial score (nSPS) is 17.2. The van der Waals surface area contributed by atoms with Gasteiger partial charge in [0.05, 0.1) is 0 Å². The molecule has 0 amide bonds. The molecule has 0 heterocycles. The van der Waals surface area contributed by atoms with Crippen molar-refractivity contribution in [3.8, 4) is 0 Å². The lowest BCUT2D eigenvalue weighted by Crippen LogP contribution is -2.67. The van der Waals surface area contributed by atoms with Crippen molar-refractivity contribution in [2.24, 2.45) is 0 Å². The van der Waals surface area contributed by atoms with Crippen LogP contribution in [-0.2, 0) is 21.0 Å². The average molecular weight is 272 g/mol. The number of rotatable bonds is 5. The van der Waals surface area contributed by atoms with E-state index in [9.17, 15) is 10.2 Å². The van der Waals surface area contributed by atoms with E-state index in [1.165, 1.54) is 14.2 Å². The van der Waals surface area contributed by atoms with Crippen molar-refractivity contribution in [2.75, 3.05) is 14.2 Å². The van der Waals surface area contributed by atoms with Crippen LogP contribution in [0, 0.1) is 0 Å². The van der Waals surface area contributed by atoms with Crippen LogP contribution in [0.2, 0.25) is 0 Å². The summed E-state index contributed by atoms with van der Waals surface area (Å²) in [4.78, 5) is 0. The van der Waals surface area contributed by atoms with Crippen molar-refractivity contribution in [3.05, 3.63) is 71.8 Å². The van der Waals surface area contributed by atoms with E-state index >= 15 is 0 Å². The highest BCUT2D eigenvalue weighted by Crippen LogP contribution is 2.37. The van der Waals surface area contributed by atoms with Gasteiger partial charge in [0.25, 0.3) is 0 Å². The summed E-state index contributed by atoms with van der Waals surface area (Å²) in [5, 5.41) is 26.1. The van der Waals surface area contributed by atoms with Crippen molar-refractivity contribution >= 4 is 0 Å². The zero-order valence-corrected chi connectivity index (χ0v) is 11.4. The minimum Gasteiger partial charge on any atom is -0.824 e. The van der Waals surface area contributed by atoms with Crippen molar-refractivity contribution in [1.82, 2.24) is 0 Å². The van der Waals surface area contributed by atoms with Gasteiger partial charge >= 0.3 is 0 Å². The van der Waals surface area contributed by atoms with Gasteiger partial charge in [-0.15, -0.1) is 0 Å². The maximum atomic E-state index is 13.1. The predicted octanol–water partition coefficient (Wildman–Crippen LogP) is 0.706. The van der Waals surface area contributed by atoms with E-state index in [1.54, 1.807) is 60.7 Å². The number of methoxy groups -OCH3 is 2. The number of ether oxygens (including phenoxy) is 2. The molecule has 20 heavy (non-hydrogen) atoms. The molecule has 2 unspecified atom stereocenters. The van der Waals surface area contributed by atoms with Crippen molar-refractivity contribution in [1.29, 1.82) is 0 Å². The second-order valence-electron chi connectivity index (χ2n) is 4.37. The van der Waals surface area contributed by atoms with E-state index in [4.69, 9.17) is 9.47 Å². The summed E-state index contributed by atoms with van der Waals surface area (Å²) in [6.45, 7) is 0. The average Bonchev–Trinajstić information content (AvgIpc) is 2.54. The van der Waals surface area contributed by atoms with Crippen molar-refractivity contribution < 1.29 is 19.7 Å². The molecular weight excluding hydrogens is 256 g/mol. The van der Waals surface area contributed by atoms with Crippen molar-refractivity contribution in [3.63, 3.8) is 0 Å². The fourth-order valence-corrected chi connectivity index (χ4v) is 2.20. The molecule has 0 fully saturated rings. The Morgan fingerprint density at radius 3 is 1.20 bits per heavy atom. The second-order valence-corrected chi connectivity index (χ2v) is 4.37. The van der Waals surface area contributed by atoms with Gasteiger partial charge in [0, 0.05) is 25.8 Å². The molecule has 106 valence electrons. The Balaban J connectivity index is 2.58. The van der Waals surface area contributed by atoms with E-state index in [2.05, 4.69) is 0 Å². The van der Waals surface area contributed by atoms with E-state index < -0.39 is 11.6 Å². The highest BCUT2D eigenvalue weighted by atomic mass is 16.7. The molecule has 0 aromatic heterocycles. The van der Waals surface area contributed by atoms with E-state index in [-0.39, 0.29) is 11.1 Å². The molecule has 2 aromatic carbocycles. The molecule has 0 spiro atoms. The summed E-state index contributed by atoms with van der Waals surface area (Å²) >= 11 is 0. The molecule has 0 aliphatic heterocycles. The third-order valence-electron chi connectivity index (χ3n) is 3.32. The second kappa shape index (κ2) is 5.73. The highest BCUT2D eigenvalue weighted by molar-refractivity contribution is 5.29. The molecule has 2 atom stereocenters. The summed E-state index contributed by atoms with van der Waals surface area (Å²) in [7, 11) is 2.43. The largest absolute Gasteiger partial charge is 0.824 e.